The Balaban J connectivity index is 1.63. The number of aryl methyl sites for hydroxylation is 2. The van der Waals surface area contributed by atoms with Crippen LogP contribution in [0.5, 0.6) is 11.5 Å². The summed E-state index contributed by atoms with van der Waals surface area (Å²) >= 11 is 0. The number of carbonyl (C=O) groups is 1. The molecule has 0 unspecified atom stereocenters. The summed E-state index contributed by atoms with van der Waals surface area (Å²) < 4.78 is 12.6. The average Bonchev–Trinajstić information content (AvgIpc) is 3.14. The first-order valence-corrected chi connectivity index (χ1v) is 7.82. The zero-order chi connectivity index (χ0) is 16.0. The molecule has 4 rings (SSSR count). The third-order valence-corrected chi connectivity index (χ3v) is 4.29. The van der Waals surface area contributed by atoms with Gasteiger partial charge in [-0.1, -0.05) is 12.1 Å². The molecule has 120 valence electrons. The molecule has 2 aromatic rings. The topological polar surface area (TPSA) is 56.6 Å². The average molecular weight is 313 g/mol. The van der Waals surface area contributed by atoms with Crippen molar-refractivity contribution in [3.63, 3.8) is 0 Å². The minimum atomic E-state index is 0.0205. The van der Waals surface area contributed by atoms with E-state index in [4.69, 9.17) is 9.47 Å². The second kappa shape index (κ2) is 5.30. The van der Waals surface area contributed by atoms with Crippen molar-refractivity contribution in [2.45, 2.75) is 32.4 Å². The Hall–Kier alpha value is -2.50. The second-order valence-corrected chi connectivity index (χ2v) is 6.11. The van der Waals surface area contributed by atoms with Crippen LogP contribution in [0.3, 0.4) is 0 Å². The molecule has 0 N–H and O–H groups in total. The zero-order valence-electron chi connectivity index (χ0n) is 13.3. The first-order valence-electron chi connectivity index (χ1n) is 7.82. The molecule has 1 saturated carbocycles. The number of carbonyl (C=O) groups excluding carboxylic acids is 1. The fourth-order valence-electron chi connectivity index (χ4n) is 3.01. The molecule has 2 heterocycles. The number of rotatable bonds is 4. The monoisotopic (exact) mass is 313 g/mol. The van der Waals surface area contributed by atoms with Gasteiger partial charge in [-0.05, 0) is 31.9 Å². The van der Waals surface area contributed by atoms with Crippen molar-refractivity contribution in [1.29, 1.82) is 0 Å². The summed E-state index contributed by atoms with van der Waals surface area (Å²) in [5, 5.41) is 4.28. The molecule has 6 heteroatoms. The van der Waals surface area contributed by atoms with E-state index < -0.39 is 0 Å². The summed E-state index contributed by atoms with van der Waals surface area (Å²) in [6.45, 7) is 2.67. The van der Waals surface area contributed by atoms with E-state index in [1.165, 1.54) is 0 Å². The molecule has 1 fully saturated rings. The summed E-state index contributed by atoms with van der Waals surface area (Å²) in [6, 6.07) is 7.96. The van der Waals surface area contributed by atoms with E-state index in [1.54, 1.807) is 4.68 Å². The van der Waals surface area contributed by atoms with Gasteiger partial charge in [0.1, 0.15) is 5.69 Å². The van der Waals surface area contributed by atoms with Gasteiger partial charge in [-0.15, -0.1) is 0 Å². The molecule has 1 aliphatic heterocycles. The normalized spacial score (nSPS) is 15.7. The molecule has 0 saturated heterocycles. The van der Waals surface area contributed by atoms with Crippen LogP contribution in [0, 0.1) is 6.92 Å². The molecule has 0 bridgehead atoms. The Bertz CT molecular complexity index is 764. The van der Waals surface area contributed by atoms with Crippen LogP contribution in [-0.2, 0) is 13.6 Å². The van der Waals surface area contributed by atoms with Gasteiger partial charge < -0.3 is 14.4 Å². The van der Waals surface area contributed by atoms with Gasteiger partial charge in [0.05, 0.1) is 12.2 Å². The summed E-state index contributed by atoms with van der Waals surface area (Å²) in [5.74, 6) is 1.53. The number of fused-ring (bicyclic) bond motifs is 1. The summed E-state index contributed by atoms with van der Waals surface area (Å²) in [4.78, 5) is 14.9. The van der Waals surface area contributed by atoms with Crippen LogP contribution in [0.2, 0.25) is 0 Å². The van der Waals surface area contributed by atoms with Crippen molar-refractivity contribution < 1.29 is 14.3 Å². The SMILES string of the molecule is Cc1cc(C(=O)N(Cc2cccc3c2OCO3)C2CC2)n(C)n1. The minimum Gasteiger partial charge on any atom is -0.454 e. The molecule has 1 aliphatic carbocycles. The standard InChI is InChI=1S/C17H19N3O3/c1-11-8-14(19(2)18-11)17(21)20(13-6-7-13)9-12-4-3-5-15-16(12)23-10-22-15/h3-5,8,13H,6-7,9-10H2,1-2H3. The molecular weight excluding hydrogens is 294 g/mol. The first-order chi connectivity index (χ1) is 11.1. The van der Waals surface area contributed by atoms with Gasteiger partial charge in [0, 0.05) is 18.7 Å². The molecule has 6 nitrogen and oxygen atoms in total. The van der Waals surface area contributed by atoms with E-state index in [1.807, 2.05) is 43.1 Å². The molecule has 1 aromatic heterocycles. The maximum Gasteiger partial charge on any atom is 0.272 e. The second-order valence-electron chi connectivity index (χ2n) is 6.11. The maximum atomic E-state index is 13.0. The van der Waals surface area contributed by atoms with Crippen LogP contribution < -0.4 is 9.47 Å². The van der Waals surface area contributed by atoms with Crippen LogP contribution in [0.25, 0.3) is 0 Å². The van der Waals surface area contributed by atoms with E-state index >= 15 is 0 Å². The van der Waals surface area contributed by atoms with Crippen molar-refractivity contribution in [2.24, 2.45) is 7.05 Å². The van der Waals surface area contributed by atoms with Gasteiger partial charge in [-0.25, -0.2) is 0 Å². The highest BCUT2D eigenvalue weighted by Gasteiger charge is 2.35. The van der Waals surface area contributed by atoms with Crippen LogP contribution in [0.15, 0.2) is 24.3 Å². The Morgan fingerprint density at radius 1 is 1.39 bits per heavy atom. The highest BCUT2D eigenvalue weighted by molar-refractivity contribution is 5.93. The minimum absolute atomic E-state index is 0.0205. The molecule has 1 aromatic carbocycles. The number of hydrogen-bond donors (Lipinski definition) is 0. The van der Waals surface area contributed by atoms with E-state index in [9.17, 15) is 4.79 Å². The van der Waals surface area contributed by atoms with Crippen molar-refractivity contribution >= 4 is 5.91 Å². The zero-order valence-corrected chi connectivity index (χ0v) is 13.3. The van der Waals surface area contributed by atoms with Crippen LogP contribution in [-0.4, -0.2) is 33.4 Å². The van der Waals surface area contributed by atoms with Crippen molar-refractivity contribution in [1.82, 2.24) is 14.7 Å². The van der Waals surface area contributed by atoms with Crippen LogP contribution >= 0.6 is 0 Å². The maximum absolute atomic E-state index is 13.0. The lowest BCUT2D eigenvalue weighted by molar-refractivity contribution is 0.0717. The molecule has 0 spiro atoms. The lowest BCUT2D eigenvalue weighted by Gasteiger charge is -2.23. The number of nitrogens with zero attached hydrogens (tertiary/aromatic N) is 3. The highest BCUT2D eigenvalue weighted by Crippen LogP contribution is 2.38. The molecule has 23 heavy (non-hydrogen) atoms. The van der Waals surface area contributed by atoms with Gasteiger partial charge in [-0.3, -0.25) is 9.48 Å². The fraction of sp³-hybridized carbons (Fsp3) is 0.412. The number of para-hydroxylation sites is 1. The van der Waals surface area contributed by atoms with E-state index in [0.717, 1.165) is 35.6 Å². The largest absolute Gasteiger partial charge is 0.454 e. The molecular formula is C17H19N3O3. The Kier molecular flexibility index (Phi) is 3.25. The first kappa shape index (κ1) is 14.1. The Morgan fingerprint density at radius 3 is 2.91 bits per heavy atom. The molecule has 2 aliphatic rings. The summed E-state index contributed by atoms with van der Waals surface area (Å²) in [5.41, 5.74) is 2.46. The number of ether oxygens (including phenoxy) is 2. The van der Waals surface area contributed by atoms with E-state index in [-0.39, 0.29) is 12.7 Å². The lowest BCUT2D eigenvalue weighted by Crippen LogP contribution is -2.34. The number of aromatic nitrogens is 2. The predicted molar refractivity (Wildman–Crippen MR) is 83.4 cm³/mol. The van der Waals surface area contributed by atoms with Gasteiger partial charge in [0.2, 0.25) is 6.79 Å². The van der Waals surface area contributed by atoms with E-state index in [0.29, 0.717) is 18.3 Å². The predicted octanol–water partition coefficient (Wildman–Crippen LogP) is 2.26. The van der Waals surface area contributed by atoms with Gasteiger partial charge >= 0.3 is 0 Å². The van der Waals surface area contributed by atoms with E-state index in [2.05, 4.69) is 5.10 Å². The van der Waals surface area contributed by atoms with Gasteiger partial charge in [0.15, 0.2) is 11.5 Å². The molecule has 0 radical (unpaired) electrons. The third kappa shape index (κ3) is 2.54. The fourth-order valence-corrected chi connectivity index (χ4v) is 3.01. The van der Waals surface area contributed by atoms with Crippen molar-refractivity contribution in [3.05, 3.63) is 41.2 Å². The summed E-state index contributed by atoms with van der Waals surface area (Å²) in [6.07, 6.45) is 2.10. The number of hydrogen-bond acceptors (Lipinski definition) is 4. The van der Waals surface area contributed by atoms with Crippen LogP contribution in [0.1, 0.15) is 34.6 Å². The van der Waals surface area contributed by atoms with Crippen LogP contribution in [0.4, 0.5) is 0 Å². The number of benzene rings is 1. The Labute approximate surface area is 134 Å². The Morgan fingerprint density at radius 2 is 2.22 bits per heavy atom. The number of amides is 1. The lowest BCUT2D eigenvalue weighted by atomic mass is 10.1. The third-order valence-electron chi connectivity index (χ3n) is 4.29. The van der Waals surface area contributed by atoms with Crippen molar-refractivity contribution in [3.8, 4) is 11.5 Å². The highest BCUT2D eigenvalue weighted by atomic mass is 16.7. The smallest absolute Gasteiger partial charge is 0.272 e. The molecule has 1 amide bonds. The van der Waals surface area contributed by atoms with Crippen molar-refractivity contribution in [2.75, 3.05) is 6.79 Å². The van der Waals surface area contributed by atoms with Gasteiger partial charge in [0.25, 0.3) is 5.91 Å². The quantitative estimate of drug-likeness (QED) is 0.869. The summed E-state index contributed by atoms with van der Waals surface area (Å²) in [7, 11) is 1.81. The van der Waals surface area contributed by atoms with Gasteiger partial charge in [-0.2, -0.15) is 5.10 Å². The molecule has 0 atom stereocenters.